The maximum Gasteiger partial charge on any atom is 0.246 e. The third-order valence-corrected chi connectivity index (χ3v) is 6.24. The first-order chi connectivity index (χ1) is 16.5. The van der Waals surface area contributed by atoms with E-state index in [0.29, 0.717) is 79.3 Å². The molecule has 1 saturated heterocycles. The summed E-state index contributed by atoms with van der Waals surface area (Å²) in [5, 5.41) is 0.423. The van der Waals surface area contributed by atoms with E-state index in [2.05, 4.69) is 0 Å². The molecule has 2 aliphatic heterocycles. The number of carbonyl (C=O) groups excluding carboxylic acids is 2. The van der Waals surface area contributed by atoms with E-state index in [1.165, 1.54) is 6.08 Å². The Bertz CT molecular complexity index is 1090. The van der Waals surface area contributed by atoms with Gasteiger partial charge in [0.1, 0.15) is 13.2 Å². The highest BCUT2D eigenvalue weighted by atomic mass is 35.5. The molecule has 2 aromatic rings. The first-order valence-electron chi connectivity index (χ1n) is 11.4. The van der Waals surface area contributed by atoms with Crippen molar-refractivity contribution in [3.8, 4) is 23.0 Å². The van der Waals surface area contributed by atoms with Gasteiger partial charge in [-0.3, -0.25) is 9.59 Å². The highest BCUT2D eigenvalue weighted by Gasteiger charge is 2.28. The van der Waals surface area contributed by atoms with Crippen molar-refractivity contribution in [2.45, 2.75) is 19.8 Å². The third-order valence-electron chi connectivity index (χ3n) is 5.96. The molecule has 4 rings (SSSR count). The van der Waals surface area contributed by atoms with E-state index in [-0.39, 0.29) is 17.6 Å². The number of piperidine rings is 1. The summed E-state index contributed by atoms with van der Waals surface area (Å²) in [6.45, 7) is 4.38. The zero-order valence-corrected chi connectivity index (χ0v) is 20.1. The number of fused-ring (bicyclic) bond motifs is 1. The number of hydrogen-bond donors (Lipinski definition) is 0. The molecule has 1 amide bonds. The van der Waals surface area contributed by atoms with E-state index in [0.717, 1.165) is 5.56 Å². The summed E-state index contributed by atoms with van der Waals surface area (Å²) in [7, 11) is 1.54. The Labute approximate surface area is 204 Å². The van der Waals surface area contributed by atoms with Crippen molar-refractivity contribution < 1.29 is 28.5 Å². The second kappa shape index (κ2) is 10.8. The molecule has 180 valence electrons. The molecule has 2 aliphatic rings. The second-order valence-electron chi connectivity index (χ2n) is 8.12. The van der Waals surface area contributed by atoms with Gasteiger partial charge in [0, 0.05) is 30.6 Å². The molecule has 2 heterocycles. The number of amides is 1. The van der Waals surface area contributed by atoms with Crippen LogP contribution in [0.5, 0.6) is 23.0 Å². The van der Waals surface area contributed by atoms with Gasteiger partial charge in [0.05, 0.1) is 18.7 Å². The van der Waals surface area contributed by atoms with Gasteiger partial charge in [0.2, 0.25) is 5.91 Å². The predicted molar refractivity (Wildman–Crippen MR) is 129 cm³/mol. The van der Waals surface area contributed by atoms with Crippen LogP contribution in [-0.2, 0) is 4.79 Å². The van der Waals surface area contributed by atoms with Crippen LogP contribution in [0.1, 0.15) is 35.7 Å². The number of benzene rings is 2. The Hall–Kier alpha value is -3.19. The minimum Gasteiger partial charge on any atom is -0.493 e. The zero-order valence-electron chi connectivity index (χ0n) is 19.3. The van der Waals surface area contributed by atoms with Gasteiger partial charge in [-0.2, -0.15) is 0 Å². The number of Topliss-reactive ketones (excluding diaryl/α,β-unsaturated/α-hetero) is 1. The minimum atomic E-state index is -0.121. The van der Waals surface area contributed by atoms with Gasteiger partial charge in [-0.15, -0.1) is 0 Å². The van der Waals surface area contributed by atoms with E-state index >= 15 is 0 Å². The van der Waals surface area contributed by atoms with Gasteiger partial charge >= 0.3 is 0 Å². The van der Waals surface area contributed by atoms with Crippen LogP contribution in [0.3, 0.4) is 0 Å². The lowest BCUT2D eigenvalue weighted by molar-refractivity contribution is -0.127. The summed E-state index contributed by atoms with van der Waals surface area (Å²) in [6, 6.07) is 8.84. The number of ether oxygens (including phenoxy) is 4. The Morgan fingerprint density at radius 3 is 2.56 bits per heavy atom. The molecular formula is C26H28ClNO6. The summed E-state index contributed by atoms with van der Waals surface area (Å²) in [5.74, 6) is 2.14. The monoisotopic (exact) mass is 485 g/mol. The molecule has 0 bridgehead atoms. The van der Waals surface area contributed by atoms with E-state index in [1.54, 1.807) is 48.4 Å². The van der Waals surface area contributed by atoms with Gasteiger partial charge in [0.25, 0.3) is 0 Å². The predicted octanol–water partition coefficient (Wildman–Crippen LogP) is 4.65. The van der Waals surface area contributed by atoms with Crippen LogP contribution < -0.4 is 18.9 Å². The summed E-state index contributed by atoms with van der Waals surface area (Å²) < 4.78 is 22.0. The van der Waals surface area contributed by atoms with E-state index in [4.69, 9.17) is 30.5 Å². The Balaban J connectivity index is 1.35. The number of ketones is 1. The lowest BCUT2D eigenvalue weighted by Crippen LogP contribution is -2.39. The van der Waals surface area contributed by atoms with Crippen molar-refractivity contribution in [1.29, 1.82) is 0 Å². The Kier molecular flexibility index (Phi) is 7.63. The van der Waals surface area contributed by atoms with Crippen molar-refractivity contribution >= 4 is 29.4 Å². The average molecular weight is 486 g/mol. The molecule has 0 spiro atoms. The van der Waals surface area contributed by atoms with Gasteiger partial charge < -0.3 is 23.8 Å². The molecule has 0 atom stereocenters. The van der Waals surface area contributed by atoms with Crippen LogP contribution in [0.15, 0.2) is 36.4 Å². The topological polar surface area (TPSA) is 74.3 Å². The van der Waals surface area contributed by atoms with Crippen molar-refractivity contribution in [2.75, 3.05) is 40.0 Å². The van der Waals surface area contributed by atoms with Crippen molar-refractivity contribution in [3.63, 3.8) is 0 Å². The number of methoxy groups -OCH3 is 1. The van der Waals surface area contributed by atoms with Crippen LogP contribution in [0.25, 0.3) is 6.08 Å². The first kappa shape index (κ1) is 24.0. The maximum atomic E-state index is 13.0. The summed E-state index contributed by atoms with van der Waals surface area (Å²) in [6.07, 6.45) is 4.47. The van der Waals surface area contributed by atoms with Crippen LogP contribution in [-0.4, -0.2) is 56.6 Å². The lowest BCUT2D eigenvalue weighted by Gasteiger charge is -2.30. The summed E-state index contributed by atoms with van der Waals surface area (Å²) in [4.78, 5) is 27.5. The van der Waals surface area contributed by atoms with E-state index in [1.807, 2.05) is 6.92 Å². The van der Waals surface area contributed by atoms with Crippen LogP contribution >= 0.6 is 11.6 Å². The van der Waals surface area contributed by atoms with E-state index in [9.17, 15) is 9.59 Å². The molecule has 0 N–H and O–H groups in total. The van der Waals surface area contributed by atoms with Crippen LogP contribution in [0, 0.1) is 5.92 Å². The number of likely N-dealkylation sites (tertiary alicyclic amines) is 1. The molecule has 0 saturated carbocycles. The lowest BCUT2D eigenvalue weighted by atomic mass is 9.88. The molecule has 1 fully saturated rings. The van der Waals surface area contributed by atoms with Gasteiger partial charge in [-0.05, 0) is 61.7 Å². The molecule has 2 aromatic carbocycles. The minimum absolute atomic E-state index is 0.0794. The smallest absolute Gasteiger partial charge is 0.246 e. The Morgan fingerprint density at radius 1 is 1.12 bits per heavy atom. The van der Waals surface area contributed by atoms with Crippen molar-refractivity contribution in [2.24, 2.45) is 5.92 Å². The zero-order chi connectivity index (χ0) is 24.1. The van der Waals surface area contributed by atoms with E-state index < -0.39 is 0 Å². The molecule has 8 heteroatoms. The van der Waals surface area contributed by atoms with Crippen LogP contribution in [0.2, 0.25) is 5.02 Å². The molecule has 0 radical (unpaired) electrons. The number of carbonyl (C=O) groups is 2. The average Bonchev–Trinajstić information content (AvgIpc) is 2.88. The standard InChI is InChI=1S/C26H28ClNO6/c1-3-32-26-20(27)14-17(15-23(26)31-2)4-7-24(29)28-10-8-18(9-11-28)25(30)19-5-6-21-22(16-19)34-13-12-33-21/h4-7,14-16,18H,3,8-13H2,1-2H3. The summed E-state index contributed by atoms with van der Waals surface area (Å²) in [5.41, 5.74) is 1.36. The largest absolute Gasteiger partial charge is 0.493 e. The SMILES string of the molecule is CCOc1c(Cl)cc(C=CC(=O)N2CCC(C(=O)c3ccc4c(c3)OCCO4)CC2)cc1OC. The number of rotatable bonds is 7. The second-order valence-corrected chi connectivity index (χ2v) is 8.53. The quantitative estimate of drug-likeness (QED) is 0.419. The number of hydrogen-bond acceptors (Lipinski definition) is 6. The maximum absolute atomic E-state index is 13.0. The molecule has 34 heavy (non-hydrogen) atoms. The van der Waals surface area contributed by atoms with Gasteiger partial charge in [-0.25, -0.2) is 0 Å². The molecule has 0 aromatic heterocycles. The molecule has 0 aliphatic carbocycles. The fourth-order valence-electron chi connectivity index (χ4n) is 4.19. The van der Waals surface area contributed by atoms with Gasteiger partial charge in [-0.1, -0.05) is 11.6 Å². The molecule has 0 unspecified atom stereocenters. The summed E-state index contributed by atoms with van der Waals surface area (Å²) >= 11 is 6.31. The number of halogens is 1. The fourth-order valence-corrected chi connectivity index (χ4v) is 4.46. The van der Waals surface area contributed by atoms with Crippen molar-refractivity contribution in [1.82, 2.24) is 4.90 Å². The fraction of sp³-hybridized carbons (Fsp3) is 0.385. The number of nitrogens with zero attached hydrogens (tertiary/aromatic N) is 1. The normalized spacial score (nSPS) is 15.9. The molecule has 7 nitrogen and oxygen atoms in total. The van der Waals surface area contributed by atoms with Crippen LogP contribution in [0.4, 0.5) is 0 Å². The Morgan fingerprint density at radius 2 is 1.85 bits per heavy atom. The third kappa shape index (κ3) is 5.30. The first-order valence-corrected chi connectivity index (χ1v) is 11.8. The highest BCUT2D eigenvalue weighted by molar-refractivity contribution is 6.32. The molecular weight excluding hydrogens is 458 g/mol. The van der Waals surface area contributed by atoms with Gasteiger partial charge in [0.15, 0.2) is 28.8 Å². The highest BCUT2D eigenvalue weighted by Crippen LogP contribution is 2.37. The van der Waals surface area contributed by atoms with Crippen molar-refractivity contribution in [3.05, 3.63) is 52.6 Å².